The maximum absolute atomic E-state index is 13.5. The first-order valence-electron chi connectivity index (χ1n) is 12.0. The lowest BCUT2D eigenvalue weighted by atomic mass is 9.90. The summed E-state index contributed by atoms with van der Waals surface area (Å²) in [6, 6.07) is 13.5. The van der Waals surface area contributed by atoms with E-state index in [2.05, 4.69) is 36.9 Å². The van der Waals surface area contributed by atoms with Crippen molar-refractivity contribution in [1.82, 2.24) is 4.90 Å². The number of piperidine rings is 1. The van der Waals surface area contributed by atoms with Crippen LogP contribution in [0.3, 0.4) is 0 Å². The Balaban J connectivity index is 1.39. The van der Waals surface area contributed by atoms with Crippen molar-refractivity contribution in [1.29, 1.82) is 5.41 Å². The number of nitrogen functional groups attached to an aromatic ring is 1. The van der Waals surface area contributed by atoms with Crippen LogP contribution >= 0.6 is 11.3 Å². The summed E-state index contributed by atoms with van der Waals surface area (Å²) in [5.41, 5.74) is 7.95. The summed E-state index contributed by atoms with van der Waals surface area (Å²) in [6.45, 7) is 6.66. The Kier molecular flexibility index (Phi) is 7.31. The highest BCUT2D eigenvalue weighted by molar-refractivity contribution is 7.14. The molecule has 1 amide bonds. The lowest BCUT2D eigenvalue weighted by Crippen LogP contribution is -2.44. The van der Waals surface area contributed by atoms with Crippen molar-refractivity contribution < 1.29 is 4.79 Å². The zero-order chi connectivity index (χ0) is 22.7. The van der Waals surface area contributed by atoms with Gasteiger partial charge in [-0.05, 0) is 76.3 Å². The van der Waals surface area contributed by atoms with Crippen LogP contribution in [0.1, 0.15) is 73.6 Å². The van der Waals surface area contributed by atoms with E-state index in [1.165, 1.54) is 49.1 Å². The number of likely N-dealkylation sites (tertiary alicyclic amines) is 1. The van der Waals surface area contributed by atoms with Gasteiger partial charge in [0, 0.05) is 29.2 Å². The van der Waals surface area contributed by atoms with Crippen molar-refractivity contribution in [2.24, 2.45) is 5.73 Å². The van der Waals surface area contributed by atoms with Crippen LogP contribution in [0.15, 0.2) is 36.4 Å². The number of hydrogen-bond donors (Lipinski definition) is 2. The van der Waals surface area contributed by atoms with Gasteiger partial charge in [-0.15, -0.1) is 11.3 Å². The second-order valence-electron chi connectivity index (χ2n) is 9.42. The Morgan fingerprint density at radius 3 is 2.50 bits per heavy atom. The third-order valence-electron chi connectivity index (χ3n) is 7.18. The quantitative estimate of drug-likeness (QED) is 0.331. The van der Waals surface area contributed by atoms with Gasteiger partial charge in [-0.3, -0.25) is 15.1 Å². The zero-order valence-corrected chi connectivity index (χ0v) is 20.2. The summed E-state index contributed by atoms with van der Waals surface area (Å²) in [5, 5.41) is 7.69. The molecule has 1 aromatic heterocycles. The molecule has 3 atom stereocenters. The summed E-state index contributed by atoms with van der Waals surface area (Å²) >= 11 is 1.47. The average molecular weight is 453 g/mol. The van der Waals surface area contributed by atoms with Gasteiger partial charge in [0.2, 0.25) is 5.91 Å². The number of anilines is 1. The summed E-state index contributed by atoms with van der Waals surface area (Å²) in [7, 11) is 0. The Morgan fingerprint density at radius 1 is 1.06 bits per heavy atom. The van der Waals surface area contributed by atoms with Crippen molar-refractivity contribution in [3.63, 3.8) is 0 Å². The van der Waals surface area contributed by atoms with Crippen LogP contribution in [0.25, 0.3) is 0 Å². The Morgan fingerprint density at radius 2 is 1.78 bits per heavy atom. The molecule has 0 radical (unpaired) electrons. The Bertz CT molecular complexity index is 945. The molecule has 4 rings (SSSR count). The van der Waals surface area contributed by atoms with Gasteiger partial charge < -0.3 is 10.6 Å². The predicted octanol–water partition coefficient (Wildman–Crippen LogP) is 5.14. The Hall–Kier alpha value is -2.18. The summed E-state index contributed by atoms with van der Waals surface area (Å²) in [4.78, 5) is 19.9. The molecule has 0 saturated carbocycles. The van der Waals surface area contributed by atoms with E-state index in [1.807, 2.05) is 23.1 Å². The molecular weight excluding hydrogens is 416 g/mol. The van der Waals surface area contributed by atoms with E-state index in [4.69, 9.17) is 11.1 Å². The SMILES string of the molecule is C[C@@H]1CCC[C@H](C)N1CCCCCN1C(=O)C(c2ccc(C(=N)N)s2)Cc2ccccc21. The molecule has 2 aliphatic rings. The van der Waals surface area contributed by atoms with Crippen LogP contribution in [-0.2, 0) is 11.2 Å². The second kappa shape index (κ2) is 10.2. The number of unbranched alkanes of at least 4 members (excludes halogenated alkanes) is 2. The fourth-order valence-electron chi connectivity index (χ4n) is 5.36. The van der Waals surface area contributed by atoms with Crippen molar-refractivity contribution in [2.45, 2.75) is 76.8 Å². The maximum atomic E-state index is 13.5. The first-order chi connectivity index (χ1) is 15.5. The molecule has 1 fully saturated rings. The zero-order valence-electron chi connectivity index (χ0n) is 19.3. The lowest BCUT2D eigenvalue weighted by molar-refractivity contribution is -0.120. The van der Waals surface area contributed by atoms with E-state index in [0.29, 0.717) is 18.5 Å². The van der Waals surface area contributed by atoms with Crippen LogP contribution in [0.2, 0.25) is 0 Å². The standard InChI is InChI=1S/C26H36N4OS/c1-18-9-8-10-19(2)29(18)15-6-3-7-16-30-22-12-5-4-11-20(22)17-21(26(30)31)23-13-14-24(32-23)25(27)28/h4-5,11-14,18-19,21H,3,6-10,15-17H2,1-2H3,(H3,27,28)/t18-,19+,21?. The van der Waals surface area contributed by atoms with Gasteiger partial charge in [-0.2, -0.15) is 0 Å². The highest BCUT2D eigenvalue weighted by Crippen LogP contribution is 2.38. The number of nitrogens with one attached hydrogen (secondary N) is 1. The van der Waals surface area contributed by atoms with Gasteiger partial charge in [-0.1, -0.05) is 31.0 Å². The molecule has 5 nitrogen and oxygen atoms in total. The summed E-state index contributed by atoms with van der Waals surface area (Å²) in [6.07, 6.45) is 8.06. The monoisotopic (exact) mass is 452 g/mol. The van der Waals surface area contributed by atoms with Crippen LogP contribution in [-0.4, -0.2) is 41.8 Å². The number of nitrogens with two attached hydrogens (primary N) is 1. The van der Waals surface area contributed by atoms with Gasteiger partial charge in [0.05, 0.1) is 10.8 Å². The second-order valence-corrected chi connectivity index (χ2v) is 10.5. The number of fused-ring (bicyclic) bond motifs is 1. The van der Waals surface area contributed by atoms with E-state index in [9.17, 15) is 4.79 Å². The fraction of sp³-hybridized carbons (Fsp3) is 0.538. The van der Waals surface area contributed by atoms with Gasteiger partial charge in [-0.25, -0.2) is 0 Å². The minimum absolute atomic E-state index is 0.0686. The molecule has 3 heterocycles. The third kappa shape index (κ3) is 4.91. The van der Waals surface area contributed by atoms with E-state index in [-0.39, 0.29) is 17.7 Å². The molecule has 32 heavy (non-hydrogen) atoms. The molecule has 2 aliphatic heterocycles. The molecular formula is C26H36N4OS. The molecule has 172 valence electrons. The average Bonchev–Trinajstić information content (AvgIpc) is 3.27. The molecule has 1 aromatic carbocycles. The number of nitrogens with zero attached hydrogens (tertiary/aromatic N) is 2. The van der Waals surface area contributed by atoms with Crippen LogP contribution in [0.5, 0.6) is 0 Å². The minimum atomic E-state index is -0.182. The van der Waals surface area contributed by atoms with Crippen molar-refractivity contribution >= 4 is 28.8 Å². The smallest absolute Gasteiger partial charge is 0.235 e. The van der Waals surface area contributed by atoms with Crippen LogP contribution < -0.4 is 10.6 Å². The summed E-state index contributed by atoms with van der Waals surface area (Å²) in [5.74, 6) is 0.0658. The van der Waals surface area contributed by atoms with Gasteiger partial charge in [0.1, 0.15) is 5.84 Å². The maximum Gasteiger partial charge on any atom is 0.235 e. The van der Waals surface area contributed by atoms with E-state index in [1.54, 1.807) is 0 Å². The number of hydrogen-bond acceptors (Lipinski definition) is 4. The molecule has 1 saturated heterocycles. The number of amidine groups is 1. The van der Waals surface area contributed by atoms with Crippen molar-refractivity contribution in [2.75, 3.05) is 18.0 Å². The highest BCUT2D eigenvalue weighted by Gasteiger charge is 2.34. The van der Waals surface area contributed by atoms with Crippen LogP contribution in [0.4, 0.5) is 5.69 Å². The topological polar surface area (TPSA) is 73.4 Å². The number of rotatable bonds is 8. The molecule has 2 aromatic rings. The molecule has 0 aliphatic carbocycles. The van der Waals surface area contributed by atoms with E-state index in [0.717, 1.165) is 34.8 Å². The number of carbonyl (C=O) groups excluding carboxylic acids is 1. The van der Waals surface area contributed by atoms with E-state index >= 15 is 0 Å². The molecule has 6 heteroatoms. The van der Waals surface area contributed by atoms with E-state index < -0.39 is 0 Å². The van der Waals surface area contributed by atoms with Crippen molar-refractivity contribution in [3.05, 3.63) is 51.7 Å². The molecule has 0 bridgehead atoms. The summed E-state index contributed by atoms with van der Waals surface area (Å²) < 4.78 is 0. The fourth-order valence-corrected chi connectivity index (χ4v) is 6.32. The first kappa shape index (κ1) is 23.0. The van der Waals surface area contributed by atoms with Gasteiger partial charge in [0.25, 0.3) is 0 Å². The molecule has 3 N–H and O–H groups in total. The molecule has 1 unspecified atom stereocenters. The molecule has 0 spiro atoms. The number of benzene rings is 1. The Labute approximate surface area is 196 Å². The number of amides is 1. The number of thiophene rings is 1. The predicted molar refractivity (Wildman–Crippen MR) is 134 cm³/mol. The highest BCUT2D eigenvalue weighted by atomic mass is 32.1. The van der Waals surface area contributed by atoms with Gasteiger partial charge in [0.15, 0.2) is 0 Å². The van der Waals surface area contributed by atoms with Crippen LogP contribution in [0, 0.1) is 5.41 Å². The lowest BCUT2D eigenvalue weighted by Gasteiger charge is -2.39. The number of carbonyl (C=O) groups is 1. The number of para-hydroxylation sites is 1. The third-order valence-corrected chi connectivity index (χ3v) is 8.41. The first-order valence-corrected chi connectivity index (χ1v) is 12.9. The van der Waals surface area contributed by atoms with Crippen molar-refractivity contribution in [3.8, 4) is 0 Å². The minimum Gasteiger partial charge on any atom is -0.383 e. The normalized spacial score (nSPS) is 23.9. The largest absolute Gasteiger partial charge is 0.383 e. The van der Waals surface area contributed by atoms with Gasteiger partial charge >= 0.3 is 0 Å².